The highest BCUT2D eigenvalue weighted by molar-refractivity contribution is 7.92. The Labute approximate surface area is 193 Å². The number of rotatable bonds is 12. The molecule has 1 atom stereocenters. The van der Waals surface area contributed by atoms with E-state index in [-0.39, 0.29) is 57.5 Å². The van der Waals surface area contributed by atoms with E-state index in [0.717, 1.165) is 5.56 Å². The van der Waals surface area contributed by atoms with Gasteiger partial charge in [0.05, 0.1) is 6.61 Å². The van der Waals surface area contributed by atoms with Crippen molar-refractivity contribution in [2.45, 2.75) is 6.10 Å². The smallest absolute Gasteiger partial charge is 0.326 e. The highest BCUT2D eigenvalue weighted by Gasteiger charge is 2.28. The SMILES string of the molecule is C=CCOc1nc(OCC=C)nc(OCC2CN(S(=O)(=O)C=Cc3ccccc3)CCO2)n1. The van der Waals surface area contributed by atoms with Gasteiger partial charge in [-0.1, -0.05) is 55.6 Å². The van der Waals surface area contributed by atoms with Crippen molar-refractivity contribution in [2.75, 3.05) is 39.5 Å². The van der Waals surface area contributed by atoms with Crippen molar-refractivity contribution in [1.29, 1.82) is 0 Å². The summed E-state index contributed by atoms with van der Waals surface area (Å²) in [5.41, 5.74) is 0.799. The Bertz CT molecular complexity index is 1030. The molecule has 1 aliphatic rings. The minimum Gasteiger partial charge on any atom is -0.460 e. The molecule has 0 radical (unpaired) electrons. The van der Waals surface area contributed by atoms with Gasteiger partial charge in [-0.05, 0) is 11.6 Å². The van der Waals surface area contributed by atoms with E-state index in [2.05, 4.69) is 28.1 Å². The van der Waals surface area contributed by atoms with Crippen LogP contribution in [0.25, 0.3) is 6.08 Å². The van der Waals surface area contributed by atoms with Crippen molar-refractivity contribution >= 4 is 16.1 Å². The van der Waals surface area contributed by atoms with E-state index in [4.69, 9.17) is 18.9 Å². The molecule has 1 aromatic heterocycles. The lowest BCUT2D eigenvalue weighted by Crippen LogP contribution is -2.47. The van der Waals surface area contributed by atoms with Crippen molar-refractivity contribution in [3.63, 3.8) is 0 Å². The van der Waals surface area contributed by atoms with Crippen molar-refractivity contribution < 1.29 is 27.4 Å². The molecule has 0 saturated carbocycles. The molecule has 1 saturated heterocycles. The summed E-state index contributed by atoms with van der Waals surface area (Å²) < 4.78 is 48.8. The van der Waals surface area contributed by atoms with Crippen LogP contribution in [-0.4, -0.2) is 73.3 Å². The summed E-state index contributed by atoms with van der Waals surface area (Å²) >= 11 is 0. The van der Waals surface area contributed by atoms with Crippen LogP contribution in [0.3, 0.4) is 0 Å². The molecule has 1 aliphatic heterocycles. The molecule has 0 aliphatic carbocycles. The van der Waals surface area contributed by atoms with Crippen LogP contribution >= 0.6 is 0 Å². The maximum absolute atomic E-state index is 12.7. The molecule has 33 heavy (non-hydrogen) atoms. The highest BCUT2D eigenvalue weighted by Crippen LogP contribution is 2.17. The Hall–Kier alpha value is -3.28. The van der Waals surface area contributed by atoms with Gasteiger partial charge in [0.1, 0.15) is 25.9 Å². The van der Waals surface area contributed by atoms with E-state index >= 15 is 0 Å². The summed E-state index contributed by atoms with van der Waals surface area (Å²) in [5.74, 6) is 0. The topological polar surface area (TPSA) is 113 Å². The second kappa shape index (κ2) is 12.1. The number of aromatic nitrogens is 3. The molecule has 0 bridgehead atoms. The Morgan fingerprint density at radius 1 is 1.00 bits per heavy atom. The molecule has 0 spiro atoms. The second-order valence-corrected chi connectivity index (χ2v) is 8.62. The predicted molar refractivity (Wildman–Crippen MR) is 122 cm³/mol. The van der Waals surface area contributed by atoms with Crippen LogP contribution in [0.15, 0.2) is 61.0 Å². The zero-order valence-corrected chi connectivity index (χ0v) is 18.9. The Morgan fingerprint density at radius 2 is 1.61 bits per heavy atom. The minimum atomic E-state index is -3.61. The van der Waals surface area contributed by atoms with Gasteiger partial charge in [-0.25, -0.2) is 8.42 Å². The summed E-state index contributed by atoms with van der Waals surface area (Å²) in [6, 6.07) is 9.21. The summed E-state index contributed by atoms with van der Waals surface area (Å²) in [5, 5.41) is 1.20. The molecule has 1 unspecified atom stereocenters. The van der Waals surface area contributed by atoms with E-state index < -0.39 is 16.1 Å². The fourth-order valence-electron chi connectivity index (χ4n) is 2.79. The first kappa shape index (κ1) is 24.4. The lowest BCUT2D eigenvalue weighted by Gasteiger charge is -2.30. The van der Waals surface area contributed by atoms with Gasteiger partial charge in [0.25, 0.3) is 0 Å². The maximum Gasteiger partial charge on any atom is 0.326 e. The van der Waals surface area contributed by atoms with Crippen LogP contribution in [0.1, 0.15) is 5.56 Å². The van der Waals surface area contributed by atoms with E-state index in [1.807, 2.05) is 30.3 Å². The number of benzene rings is 1. The quantitative estimate of drug-likeness (QED) is 0.427. The fourth-order valence-corrected chi connectivity index (χ4v) is 3.99. The molecule has 2 aromatic rings. The van der Waals surface area contributed by atoms with E-state index in [0.29, 0.717) is 0 Å². The Morgan fingerprint density at radius 3 is 2.21 bits per heavy atom. The third-order valence-electron chi connectivity index (χ3n) is 4.33. The van der Waals surface area contributed by atoms with Crippen molar-refractivity contribution in [3.05, 3.63) is 66.6 Å². The van der Waals surface area contributed by atoms with Crippen molar-refractivity contribution in [2.24, 2.45) is 0 Å². The molecule has 1 aromatic carbocycles. The minimum absolute atomic E-state index is 0.0128. The molecule has 176 valence electrons. The summed E-state index contributed by atoms with van der Waals surface area (Å²) in [6.07, 6.45) is 4.15. The molecule has 0 amide bonds. The third-order valence-corrected chi connectivity index (χ3v) is 5.86. The summed E-state index contributed by atoms with van der Waals surface area (Å²) in [4.78, 5) is 12.2. The molecule has 3 rings (SSSR count). The second-order valence-electron chi connectivity index (χ2n) is 6.80. The number of sulfonamides is 1. The Balaban J connectivity index is 1.62. The van der Waals surface area contributed by atoms with E-state index in [1.165, 1.54) is 9.71 Å². The predicted octanol–water partition coefficient (Wildman–Crippen LogP) is 2.08. The number of nitrogens with zero attached hydrogens (tertiary/aromatic N) is 4. The van der Waals surface area contributed by atoms with Gasteiger partial charge in [-0.2, -0.15) is 4.31 Å². The van der Waals surface area contributed by atoms with Crippen molar-refractivity contribution in [1.82, 2.24) is 19.3 Å². The fraction of sp³-hybridized carbons (Fsp3) is 0.318. The van der Waals surface area contributed by atoms with Crippen LogP contribution in [-0.2, 0) is 14.8 Å². The highest BCUT2D eigenvalue weighted by atomic mass is 32.2. The average molecular weight is 475 g/mol. The lowest BCUT2D eigenvalue weighted by atomic mass is 10.2. The summed E-state index contributed by atoms with van der Waals surface area (Å²) in [7, 11) is -3.61. The number of hydrogen-bond donors (Lipinski definition) is 0. The van der Waals surface area contributed by atoms with Crippen LogP contribution < -0.4 is 14.2 Å². The van der Waals surface area contributed by atoms with Gasteiger partial charge in [0.2, 0.25) is 10.0 Å². The number of morpholine rings is 1. The molecule has 11 heteroatoms. The van der Waals surface area contributed by atoms with Gasteiger partial charge in [-0.3, -0.25) is 0 Å². The first-order valence-electron chi connectivity index (χ1n) is 10.2. The van der Waals surface area contributed by atoms with Crippen LogP contribution in [0.5, 0.6) is 18.0 Å². The van der Waals surface area contributed by atoms with Crippen LogP contribution in [0, 0.1) is 0 Å². The first-order chi connectivity index (χ1) is 16.0. The van der Waals surface area contributed by atoms with Crippen LogP contribution in [0.4, 0.5) is 0 Å². The first-order valence-corrected chi connectivity index (χ1v) is 11.7. The number of ether oxygens (including phenoxy) is 4. The monoisotopic (exact) mass is 474 g/mol. The standard InChI is InChI=1S/C22H26N4O6S/c1-3-12-30-20-23-21(31-13-4-2)25-22(24-20)32-17-19-16-26(11-14-29-19)33(27,28)15-10-18-8-6-5-7-9-18/h3-10,15,19H,1-2,11-14,16-17H2. The normalized spacial score (nSPS) is 16.9. The van der Waals surface area contributed by atoms with Gasteiger partial charge >= 0.3 is 18.0 Å². The third kappa shape index (κ3) is 7.67. The van der Waals surface area contributed by atoms with Gasteiger partial charge in [0.15, 0.2) is 0 Å². The van der Waals surface area contributed by atoms with E-state index in [9.17, 15) is 8.42 Å². The largest absolute Gasteiger partial charge is 0.460 e. The molecular weight excluding hydrogens is 448 g/mol. The van der Waals surface area contributed by atoms with Gasteiger partial charge in [0, 0.05) is 18.5 Å². The summed E-state index contributed by atoms with van der Waals surface area (Å²) in [6.45, 7) is 8.20. The van der Waals surface area contributed by atoms with E-state index in [1.54, 1.807) is 18.2 Å². The average Bonchev–Trinajstić information content (AvgIpc) is 2.84. The maximum atomic E-state index is 12.7. The lowest BCUT2D eigenvalue weighted by molar-refractivity contribution is -0.0264. The van der Waals surface area contributed by atoms with Crippen LogP contribution in [0.2, 0.25) is 0 Å². The molecule has 0 N–H and O–H groups in total. The van der Waals surface area contributed by atoms with Gasteiger partial charge in [-0.15, -0.1) is 15.0 Å². The zero-order chi connectivity index (χ0) is 23.5. The Kier molecular flexibility index (Phi) is 8.93. The molecule has 10 nitrogen and oxygen atoms in total. The van der Waals surface area contributed by atoms with Crippen molar-refractivity contribution in [3.8, 4) is 18.0 Å². The zero-order valence-electron chi connectivity index (χ0n) is 18.1. The molecule has 2 heterocycles. The molecule has 1 fully saturated rings. The molecular formula is C22H26N4O6S. The number of hydrogen-bond acceptors (Lipinski definition) is 9. The van der Waals surface area contributed by atoms with Gasteiger partial charge < -0.3 is 18.9 Å².